The zero-order valence-electron chi connectivity index (χ0n) is 17.0. The molecule has 0 aliphatic heterocycles. The Bertz CT molecular complexity index is 1570. The van der Waals surface area contributed by atoms with E-state index in [2.05, 4.69) is 15.5 Å². The second-order valence-electron chi connectivity index (χ2n) is 6.84. The summed E-state index contributed by atoms with van der Waals surface area (Å²) in [4.78, 5) is 17.6. The summed E-state index contributed by atoms with van der Waals surface area (Å²) >= 11 is 6.04. The maximum absolute atomic E-state index is 13.3. The molecule has 1 N–H and O–H groups in total. The second-order valence-corrected chi connectivity index (χ2v) is 7.28. The lowest BCUT2D eigenvalue weighted by Gasteiger charge is -2.10. The Morgan fingerprint density at radius 2 is 1.91 bits per heavy atom. The predicted molar refractivity (Wildman–Crippen MR) is 123 cm³/mol. The molecule has 0 amide bonds. The van der Waals surface area contributed by atoms with Crippen molar-refractivity contribution < 1.29 is 18.3 Å². The Hall–Kier alpha value is -4.04. The van der Waals surface area contributed by atoms with E-state index >= 15 is 0 Å². The van der Waals surface area contributed by atoms with Crippen molar-refractivity contribution in [1.29, 1.82) is 0 Å². The van der Waals surface area contributed by atoms with Crippen molar-refractivity contribution in [3.05, 3.63) is 69.9 Å². The van der Waals surface area contributed by atoms with Crippen LogP contribution >= 0.6 is 11.6 Å². The van der Waals surface area contributed by atoms with E-state index in [0.29, 0.717) is 33.2 Å². The van der Waals surface area contributed by atoms with Crippen LogP contribution in [-0.4, -0.2) is 25.4 Å². The van der Waals surface area contributed by atoms with Gasteiger partial charge in [-0.1, -0.05) is 11.6 Å². The van der Waals surface area contributed by atoms with Crippen LogP contribution in [0.15, 0.2) is 67.8 Å². The monoisotopic (exact) mass is 449 g/mol. The Labute approximate surface area is 186 Å². The molecule has 0 saturated carbocycles. The molecule has 0 atom stereocenters. The standard InChI is InChI=1S/C23H16ClN3O5/c1-29-20-15-6-8-31-21(15)23(30-2)22-18(20)19(28)12(11-32-22)10-26-27-16-5-7-25-17-9-13(24)3-4-14(16)17/h3-11H,1-2H3,(H,25,27)/b26-10+. The first-order valence-electron chi connectivity index (χ1n) is 9.52. The molecule has 0 spiro atoms. The molecule has 3 heterocycles. The third-order valence-corrected chi connectivity index (χ3v) is 5.31. The number of rotatable bonds is 5. The van der Waals surface area contributed by atoms with Gasteiger partial charge in [-0.15, -0.1) is 0 Å². The van der Waals surface area contributed by atoms with Gasteiger partial charge in [-0.2, -0.15) is 5.10 Å². The SMILES string of the molecule is COc1c2occc2c(OC)c2c(=O)c(/C=N/Nc3ccnc4cc(Cl)ccc34)coc12. The first-order valence-corrected chi connectivity index (χ1v) is 9.90. The van der Waals surface area contributed by atoms with Gasteiger partial charge < -0.3 is 18.3 Å². The number of nitrogens with zero attached hydrogens (tertiary/aromatic N) is 2. The summed E-state index contributed by atoms with van der Waals surface area (Å²) in [7, 11) is 2.96. The lowest BCUT2D eigenvalue weighted by atomic mass is 10.1. The van der Waals surface area contributed by atoms with Gasteiger partial charge in [-0.05, 0) is 30.3 Å². The number of pyridine rings is 1. The van der Waals surface area contributed by atoms with E-state index in [9.17, 15) is 4.79 Å². The normalized spacial score (nSPS) is 11.6. The maximum atomic E-state index is 13.3. The summed E-state index contributed by atoms with van der Waals surface area (Å²) in [5, 5.41) is 6.50. The summed E-state index contributed by atoms with van der Waals surface area (Å²) in [5.74, 6) is 0.667. The molecule has 8 nitrogen and oxygen atoms in total. The van der Waals surface area contributed by atoms with Gasteiger partial charge in [0.1, 0.15) is 17.4 Å². The highest BCUT2D eigenvalue weighted by Gasteiger charge is 2.23. The summed E-state index contributed by atoms with van der Waals surface area (Å²) in [5.41, 5.74) is 4.97. The fourth-order valence-corrected chi connectivity index (χ4v) is 3.80. The zero-order chi connectivity index (χ0) is 22.2. The Morgan fingerprint density at radius 3 is 2.72 bits per heavy atom. The molecular formula is C23H16ClN3O5. The fraction of sp³-hybridized carbons (Fsp3) is 0.0870. The van der Waals surface area contributed by atoms with Crippen molar-refractivity contribution in [3.8, 4) is 11.5 Å². The van der Waals surface area contributed by atoms with Gasteiger partial charge in [0.2, 0.25) is 11.2 Å². The molecule has 5 rings (SSSR count). The van der Waals surface area contributed by atoms with Crippen LogP contribution in [0.3, 0.4) is 0 Å². The molecule has 32 heavy (non-hydrogen) atoms. The quantitative estimate of drug-likeness (QED) is 0.290. The van der Waals surface area contributed by atoms with Gasteiger partial charge in [-0.25, -0.2) is 0 Å². The molecule has 2 aromatic carbocycles. The number of fused-ring (bicyclic) bond motifs is 3. The molecule has 0 unspecified atom stereocenters. The van der Waals surface area contributed by atoms with Crippen molar-refractivity contribution in [2.24, 2.45) is 5.10 Å². The van der Waals surface area contributed by atoms with E-state index in [0.717, 1.165) is 10.9 Å². The van der Waals surface area contributed by atoms with Crippen LogP contribution in [-0.2, 0) is 0 Å². The molecule has 0 saturated heterocycles. The minimum atomic E-state index is -0.318. The van der Waals surface area contributed by atoms with Gasteiger partial charge in [0.25, 0.3) is 0 Å². The predicted octanol–water partition coefficient (Wildman–Crippen LogP) is 5.20. The van der Waals surface area contributed by atoms with Crippen molar-refractivity contribution in [1.82, 2.24) is 4.98 Å². The van der Waals surface area contributed by atoms with E-state index in [4.69, 9.17) is 29.9 Å². The highest BCUT2D eigenvalue weighted by Crippen LogP contribution is 2.41. The van der Waals surface area contributed by atoms with Crippen LogP contribution in [0, 0.1) is 0 Å². The number of ether oxygens (including phenoxy) is 2. The van der Waals surface area contributed by atoms with E-state index < -0.39 is 0 Å². The van der Waals surface area contributed by atoms with Gasteiger partial charge >= 0.3 is 0 Å². The summed E-state index contributed by atoms with van der Waals surface area (Å²) in [6.45, 7) is 0. The van der Waals surface area contributed by atoms with Crippen molar-refractivity contribution in [2.45, 2.75) is 0 Å². The molecule has 160 valence electrons. The molecule has 0 bridgehead atoms. The lowest BCUT2D eigenvalue weighted by molar-refractivity contribution is 0.400. The molecule has 0 aliphatic rings. The minimum Gasteiger partial charge on any atom is -0.495 e. The molecular weight excluding hydrogens is 434 g/mol. The van der Waals surface area contributed by atoms with Gasteiger partial charge in [0, 0.05) is 16.6 Å². The van der Waals surface area contributed by atoms with Crippen LogP contribution in [0.1, 0.15) is 5.56 Å². The minimum absolute atomic E-state index is 0.231. The number of aromatic nitrogens is 1. The van der Waals surface area contributed by atoms with Gasteiger partial charge in [0.05, 0.1) is 48.9 Å². The topological polar surface area (TPSA) is 99.1 Å². The van der Waals surface area contributed by atoms with Crippen molar-refractivity contribution >= 4 is 56.3 Å². The smallest absolute Gasteiger partial charge is 0.206 e. The molecule has 9 heteroatoms. The molecule has 5 aromatic rings. The highest BCUT2D eigenvalue weighted by molar-refractivity contribution is 6.31. The summed E-state index contributed by atoms with van der Waals surface area (Å²) in [6.07, 6.45) is 5.85. The van der Waals surface area contributed by atoms with Crippen molar-refractivity contribution in [2.75, 3.05) is 19.6 Å². The van der Waals surface area contributed by atoms with Crippen LogP contribution < -0.4 is 20.3 Å². The number of furan rings is 1. The molecule has 0 aliphatic carbocycles. The van der Waals surface area contributed by atoms with Crippen LogP contribution in [0.5, 0.6) is 11.5 Å². The number of hydrazone groups is 1. The second kappa shape index (κ2) is 7.90. The van der Waals surface area contributed by atoms with Crippen molar-refractivity contribution in [3.63, 3.8) is 0 Å². The zero-order valence-corrected chi connectivity index (χ0v) is 17.8. The largest absolute Gasteiger partial charge is 0.495 e. The Kier molecular flexibility index (Phi) is 4.91. The van der Waals surface area contributed by atoms with E-state index in [-0.39, 0.29) is 22.0 Å². The van der Waals surface area contributed by atoms with E-state index in [1.54, 1.807) is 30.5 Å². The van der Waals surface area contributed by atoms with Crippen LogP contribution in [0.4, 0.5) is 5.69 Å². The van der Waals surface area contributed by atoms with E-state index in [1.807, 2.05) is 6.07 Å². The number of hydrogen-bond acceptors (Lipinski definition) is 8. The molecule has 0 fully saturated rings. The number of anilines is 1. The third-order valence-electron chi connectivity index (χ3n) is 5.07. The maximum Gasteiger partial charge on any atom is 0.206 e. The van der Waals surface area contributed by atoms with E-state index in [1.165, 1.54) is 33.0 Å². The summed E-state index contributed by atoms with van der Waals surface area (Å²) in [6, 6.07) is 8.87. The van der Waals surface area contributed by atoms with Crippen LogP contribution in [0.25, 0.3) is 32.8 Å². The number of methoxy groups -OCH3 is 2. The molecule has 3 aromatic heterocycles. The first-order chi connectivity index (χ1) is 15.6. The number of hydrogen-bond donors (Lipinski definition) is 1. The number of nitrogens with one attached hydrogen (secondary N) is 1. The average molecular weight is 450 g/mol. The number of halogens is 1. The third kappa shape index (κ3) is 3.12. The lowest BCUT2D eigenvalue weighted by Crippen LogP contribution is -2.10. The fourth-order valence-electron chi connectivity index (χ4n) is 3.63. The molecule has 0 radical (unpaired) electrons. The Morgan fingerprint density at radius 1 is 1.06 bits per heavy atom. The summed E-state index contributed by atoms with van der Waals surface area (Å²) < 4.78 is 22.2. The van der Waals surface area contributed by atoms with Gasteiger partial charge in [-0.3, -0.25) is 15.2 Å². The average Bonchev–Trinajstić information content (AvgIpc) is 3.28. The van der Waals surface area contributed by atoms with Crippen LogP contribution in [0.2, 0.25) is 5.02 Å². The number of benzene rings is 2. The first kappa shape index (κ1) is 19.9. The highest BCUT2D eigenvalue weighted by atomic mass is 35.5. The Balaban J connectivity index is 1.59. The van der Waals surface area contributed by atoms with Gasteiger partial charge in [0.15, 0.2) is 11.2 Å².